The molecular formula is C34H50N4O. The number of rotatable bonds is 6. The lowest BCUT2D eigenvalue weighted by atomic mass is 9.73. The predicted octanol–water partition coefficient (Wildman–Crippen LogP) is 7.59. The van der Waals surface area contributed by atoms with E-state index in [9.17, 15) is 5.11 Å². The molecule has 5 nitrogen and oxygen atoms in total. The molecule has 2 unspecified atom stereocenters. The molecule has 4 bridgehead atoms. The van der Waals surface area contributed by atoms with Gasteiger partial charge in [0.1, 0.15) is 5.82 Å². The van der Waals surface area contributed by atoms with E-state index < -0.39 is 0 Å². The average molecular weight is 531 g/mol. The Morgan fingerprint density at radius 3 is 2.18 bits per heavy atom. The maximum absolute atomic E-state index is 9.56. The smallest absolute Gasteiger partial charge is 0.113 e. The summed E-state index contributed by atoms with van der Waals surface area (Å²) in [5.74, 6) is 4.20. The maximum atomic E-state index is 9.56. The van der Waals surface area contributed by atoms with E-state index in [2.05, 4.69) is 45.2 Å². The van der Waals surface area contributed by atoms with Gasteiger partial charge in [0, 0.05) is 43.1 Å². The lowest BCUT2D eigenvalue weighted by Gasteiger charge is -2.55. The number of aromatic nitrogens is 2. The molecule has 3 aliphatic heterocycles. The standard InChI is InChI=1S/C34H50N4O/c1-24(39)13-16-36-17-14-27(15-18-36)34-35-32-11-4-5-12-33(32)38(34)31-22-28-9-6-10-29(23-31)37(28)30-20-25-7-2-3-8-26(19-25)21-30/h4-5,11-12,25-31,39H,1-3,6-10,13-23H2/t25-,26+,28-,29+,30?,31?. The van der Waals surface area contributed by atoms with Crippen LogP contribution in [0.3, 0.4) is 0 Å². The molecule has 39 heavy (non-hydrogen) atoms. The van der Waals surface area contributed by atoms with Gasteiger partial charge >= 0.3 is 0 Å². The summed E-state index contributed by atoms with van der Waals surface area (Å²) in [6.45, 7) is 6.78. The predicted molar refractivity (Wildman–Crippen MR) is 159 cm³/mol. The Morgan fingerprint density at radius 2 is 1.49 bits per heavy atom. The minimum Gasteiger partial charge on any atom is -0.513 e. The van der Waals surface area contributed by atoms with E-state index >= 15 is 0 Å². The number of aliphatic hydroxyl groups excluding tert-OH is 1. The van der Waals surface area contributed by atoms with Gasteiger partial charge in [-0.25, -0.2) is 4.98 Å². The molecule has 1 N–H and O–H groups in total. The number of likely N-dealkylation sites (tertiary alicyclic amines) is 1. The van der Waals surface area contributed by atoms with Crippen LogP contribution in [-0.2, 0) is 0 Å². The molecule has 0 radical (unpaired) electrons. The first-order chi connectivity index (χ1) is 19.1. The summed E-state index contributed by atoms with van der Waals surface area (Å²) in [7, 11) is 0. The van der Waals surface area contributed by atoms with Crippen molar-refractivity contribution < 1.29 is 5.11 Å². The first kappa shape index (κ1) is 26.1. The van der Waals surface area contributed by atoms with Crippen molar-refractivity contribution in [3.63, 3.8) is 0 Å². The summed E-state index contributed by atoms with van der Waals surface area (Å²) in [5.41, 5.74) is 2.56. The van der Waals surface area contributed by atoms with E-state index in [1.807, 2.05) is 0 Å². The topological polar surface area (TPSA) is 44.5 Å². The summed E-state index contributed by atoms with van der Waals surface area (Å²) in [4.78, 5) is 10.9. The number of benzene rings is 1. The molecule has 4 heterocycles. The molecule has 5 fully saturated rings. The van der Waals surface area contributed by atoms with Crippen LogP contribution in [0.5, 0.6) is 0 Å². The molecule has 6 atom stereocenters. The molecule has 2 aliphatic carbocycles. The normalized spacial score (nSPS) is 34.7. The zero-order valence-electron chi connectivity index (χ0n) is 24.0. The Kier molecular flexibility index (Phi) is 7.49. The molecule has 212 valence electrons. The van der Waals surface area contributed by atoms with Gasteiger partial charge in [0.05, 0.1) is 16.8 Å². The molecule has 5 aliphatic rings. The molecule has 3 saturated heterocycles. The number of hydrogen-bond acceptors (Lipinski definition) is 4. The fourth-order valence-electron chi connectivity index (χ4n) is 9.74. The monoisotopic (exact) mass is 530 g/mol. The van der Waals surface area contributed by atoms with Crippen molar-refractivity contribution in [3.05, 3.63) is 42.4 Å². The number of imidazole rings is 1. The summed E-state index contributed by atoms with van der Waals surface area (Å²) >= 11 is 0. The van der Waals surface area contributed by atoms with Crippen LogP contribution in [0.4, 0.5) is 0 Å². The Hall–Kier alpha value is -1.85. The van der Waals surface area contributed by atoms with Gasteiger partial charge in [-0.2, -0.15) is 0 Å². The second kappa shape index (κ2) is 11.2. The van der Waals surface area contributed by atoms with Gasteiger partial charge in [-0.05, 0) is 94.8 Å². The van der Waals surface area contributed by atoms with E-state index in [4.69, 9.17) is 4.98 Å². The average Bonchev–Trinajstić information content (AvgIpc) is 3.24. The number of piperidine rings is 3. The van der Waals surface area contributed by atoms with E-state index in [0.29, 0.717) is 24.1 Å². The highest BCUT2D eigenvalue weighted by molar-refractivity contribution is 5.76. The van der Waals surface area contributed by atoms with E-state index in [-0.39, 0.29) is 0 Å². The lowest BCUT2D eigenvalue weighted by Crippen LogP contribution is -2.58. The van der Waals surface area contributed by atoms with Crippen LogP contribution < -0.4 is 0 Å². The van der Waals surface area contributed by atoms with Crippen molar-refractivity contribution in [3.8, 4) is 0 Å². The Labute approximate surface area is 235 Å². The fraction of sp³-hybridized carbons (Fsp3) is 0.735. The van der Waals surface area contributed by atoms with Crippen molar-refractivity contribution in [1.82, 2.24) is 19.4 Å². The van der Waals surface area contributed by atoms with Gasteiger partial charge in [-0.3, -0.25) is 4.90 Å². The maximum Gasteiger partial charge on any atom is 0.113 e. The number of hydrogen-bond donors (Lipinski definition) is 1. The van der Waals surface area contributed by atoms with Crippen LogP contribution in [0.2, 0.25) is 0 Å². The number of nitrogens with zero attached hydrogens (tertiary/aromatic N) is 4. The Balaban J connectivity index is 1.12. The molecule has 1 aromatic heterocycles. The second-order valence-electron chi connectivity index (χ2n) is 13.9. The Morgan fingerprint density at radius 1 is 0.795 bits per heavy atom. The minimum absolute atomic E-state index is 0.308. The third-order valence-electron chi connectivity index (χ3n) is 11.4. The van der Waals surface area contributed by atoms with Crippen LogP contribution in [0.1, 0.15) is 114 Å². The fourth-order valence-corrected chi connectivity index (χ4v) is 9.74. The van der Waals surface area contributed by atoms with E-state index in [1.54, 1.807) is 0 Å². The van der Waals surface area contributed by atoms with E-state index in [1.165, 1.54) is 93.9 Å². The first-order valence-corrected chi connectivity index (χ1v) is 16.5. The number of aliphatic hydroxyl groups is 1. The highest BCUT2D eigenvalue weighted by Crippen LogP contribution is 2.48. The third-order valence-corrected chi connectivity index (χ3v) is 11.4. The Bertz CT molecular complexity index is 1120. The zero-order chi connectivity index (χ0) is 26.3. The molecule has 0 spiro atoms. The van der Waals surface area contributed by atoms with Gasteiger partial charge in [0.25, 0.3) is 0 Å². The first-order valence-electron chi connectivity index (χ1n) is 16.5. The van der Waals surface area contributed by atoms with Gasteiger partial charge in [-0.1, -0.05) is 50.8 Å². The third kappa shape index (κ3) is 5.30. The van der Waals surface area contributed by atoms with Gasteiger partial charge in [0.15, 0.2) is 0 Å². The summed E-state index contributed by atoms with van der Waals surface area (Å²) in [6, 6.07) is 11.9. The van der Waals surface area contributed by atoms with Gasteiger partial charge in [0.2, 0.25) is 0 Å². The molecule has 0 amide bonds. The minimum atomic E-state index is 0.308. The molecule has 1 aromatic carbocycles. The van der Waals surface area contributed by atoms with Crippen molar-refractivity contribution in [1.29, 1.82) is 0 Å². The molecule has 5 heteroatoms. The van der Waals surface area contributed by atoms with Crippen molar-refractivity contribution in [2.75, 3.05) is 19.6 Å². The molecular weight excluding hydrogens is 480 g/mol. The molecule has 7 rings (SSSR count). The van der Waals surface area contributed by atoms with Gasteiger partial charge in [-0.15, -0.1) is 0 Å². The quantitative estimate of drug-likeness (QED) is 0.391. The largest absolute Gasteiger partial charge is 0.513 e. The highest BCUT2D eigenvalue weighted by atomic mass is 16.3. The summed E-state index contributed by atoms with van der Waals surface area (Å²) in [6.07, 6.45) is 20.3. The number of para-hydroxylation sites is 2. The summed E-state index contributed by atoms with van der Waals surface area (Å²) < 4.78 is 2.74. The van der Waals surface area contributed by atoms with Crippen LogP contribution in [0, 0.1) is 11.8 Å². The van der Waals surface area contributed by atoms with Crippen molar-refractivity contribution in [2.24, 2.45) is 11.8 Å². The SMILES string of the molecule is C=C(O)CCN1CCC(c2nc3ccccc3n2C2C[C@H]3CCC[C@@H](C2)N3C2C[C@H]3CCCC[C@@H](C2)C3)CC1. The van der Waals surface area contributed by atoms with Crippen molar-refractivity contribution >= 4 is 11.0 Å². The van der Waals surface area contributed by atoms with Crippen LogP contribution in [-0.4, -0.2) is 62.2 Å². The summed E-state index contributed by atoms with van der Waals surface area (Å²) in [5, 5.41) is 9.56. The van der Waals surface area contributed by atoms with Gasteiger partial charge < -0.3 is 14.6 Å². The van der Waals surface area contributed by atoms with Crippen LogP contribution in [0.25, 0.3) is 11.0 Å². The van der Waals surface area contributed by atoms with E-state index in [0.717, 1.165) is 62.4 Å². The highest BCUT2D eigenvalue weighted by Gasteiger charge is 2.45. The zero-order valence-corrected chi connectivity index (χ0v) is 24.0. The molecule has 2 aromatic rings. The van der Waals surface area contributed by atoms with Crippen LogP contribution >= 0.6 is 0 Å². The van der Waals surface area contributed by atoms with Crippen molar-refractivity contribution in [2.45, 2.75) is 126 Å². The number of fused-ring (bicyclic) bond motifs is 5. The lowest BCUT2D eigenvalue weighted by molar-refractivity contribution is -0.0422. The van der Waals surface area contributed by atoms with Crippen LogP contribution in [0.15, 0.2) is 36.6 Å². The second-order valence-corrected chi connectivity index (χ2v) is 13.9. The molecule has 2 saturated carbocycles.